The Kier molecular flexibility index (Phi) is 5.46. The fourth-order valence-electron chi connectivity index (χ4n) is 4.31. The third-order valence-electron chi connectivity index (χ3n) is 5.87. The highest BCUT2D eigenvalue weighted by atomic mass is 16.5. The molecule has 1 N–H and O–H groups in total. The molecule has 7 nitrogen and oxygen atoms in total. The Labute approximate surface area is 186 Å². The molecule has 2 atom stereocenters. The molecular weight excluding hydrogens is 404 g/mol. The monoisotopic (exact) mass is 428 g/mol. The van der Waals surface area contributed by atoms with Crippen molar-refractivity contribution in [3.05, 3.63) is 90.3 Å². The Bertz CT molecular complexity index is 1100. The van der Waals surface area contributed by atoms with Gasteiger partial charge in [-0.1, -0.05) is 48.5 Å². The number of aromatic nitrogens is 1. The molecule has 0 unspecified atom stereocenters. The fourth-order valence-corrected chi connectivity index (χ4v) is 4.31. The number of rotatable bonds is 4. The number of hydrogen-bond acceptors (Lipinski definition) is 4. The van der Waals surface area contributed by atoms with Crippen molar-refractivity contribution in [2.24, 2.45) is 0 Å². The predicted octanol–water partition coefficient (Wildman–Crippen LogP) is 3.36. The lowest BCUT2D eigenvalue weighted by molar-refractivity contribution is -0.122. The van der Waals surface area contributed by atoms with Crippen LogP contribution >= 0.6 is 0 Å². The Morgan fingerprint density at radius 3 is 2.62 bits per heavy atom. The van der Waals surface area contributed by atoms with E-state index in [0.717, 1.165) is 11.1 Å². The average molecular weight is 428 g/mol. The molecule has 2 bridgehead atoms. The maximum Gasteiger partial charge on any atom is 0.318 e. The molecule has 1 aromatic heterocycles. The number of hydrogen-bond donors (Lipinski definition) is 1. The molecule has 2 aliphatic heterocycles. The Balaban J connectivity index is 1.41. The summed E-state index contributed by atoms with van der Waals surface area (Å²) < 4.78 is 6.26. The summed E-state index contributed by atoms with van der Waals surface area (Å²) in [5.74, 6) is 0.543. The van der Waals surface area contributed by atoms with E-state index in [1.54, 1.807) is 22.2 Å². The van der Waals surface area contributed by atoms with Gasteiger partial charge in [0.1, 0.15) is 17.9 Å². The maximum atomic E-state index is 13.7. The van der Waals surface area contributed by atoms with Crippen molar-refractivity contribution in [2.45, 2.75) is 31.7 Å². The number of fused-ring (bicyclic) bond motifs is 3. The third kappa shape index (κ3) is 4.01. The number of likely N-dealkylation sites (tertiary alicyclic amines) is 1. The molecule has 2 aliphatic rings. The van der Waals surface area contributed by atoms with Crippen molar-refractivity contribution in [3.8, 4) is 5.75 Å². The van der Waals surface area contributed by atoms with Gasteiger partial charge in [-0.2, -0.15) is 0 Å². The largest absolute Gasteiger partial charge is 0.486 e. The molecule has 0 saturated carbocycles. The van der Waals surface area contributed by atoms with E-state index in [2.05, 4.69) is 10.3 Å². The van der Waals surface area contributed by atoms with E-state index in [1.165, 1.54) is 0 Å². The fraction of sp³-hybridized carbons (Fsp3) is 0.240. The molecule has 3 aromatic rings. The second kappa shape index (κ2) is 8.70. The zero-order valence-electron chi connectivity index (χ0n) is 17.6. The Morgan fingerprint density at radius 1 is 1.03 bits per heavy atom. The van der Waals surface area contributed by atoms with Gasteiger partial charge in [-0.15, -0.1) is 0 Å². The smallest absolute Gasteiger partial charge is 0.318 e. The first-order chi connectivity index (χ1) is 15.7. The molecule has 162 valence electrons. The molecule has 0 aliphatic carbocycles. The topological polar surface area (TPSA) is 74.8 Å². The van der Waals surface area contributed by atoms with Crippen molar-refractivity contribution < 1.29 is 14.3 Å². The first kappa shape index (κ1) is 20.1. The Hall–Kier alpha value is -3.87. The van der Waals surface area contributed by atoms with Crippen LogP contribution in [0.1, 0.15) is 17.5 Å². The molecule has 3 amide bonds. The van der Waals surface area contributed by atoms with Crippen LogP contribution in [0.3, 0.4) is 0 Å². The number of carbonyl (C=O) groups is 2. The standard InChI is InChI=1S/C25H24N4O3/c30-24-22-13-20(17-29(22)25(31)27-15-18-7-2-1-3-8-18)32-23-11-5-4-10-21(23)28(24)16-19-9-6-12-26-14-19/h1-12,14,20,22H,13,15-17H2,(H,27,31)/t20-,22-/m0/s1. The van der Waals surface area contributed by atoms with Crippen molar-refractivity contribution in [2.75, 3.05) is 11.4 Å². The maximum absolute atomic E-state index is 13.7. The van der Waals surface area contributed by atoms with Crippen LogP contribution in [0.25, 0.3) is 0 Å². The van der Waals surface area contributed by atoms with Gasteiger partial charge in [0.25, 0.3) is 0 Å². The quantitative estimate of drug-likeness (QED) is 0.692. The second-order valence-electron chi connectivity index (χ2n) is 8.04. The highest BCUT2D eigenvalue weighted by molar-refractivity contribution is 6.00. The number of nitrogens with zero attached hydrogens (tertiary/aromatic N) is 3. The molecule has 7 heteroatoms. The first-order valence-electron chi connectivity index (χ1n) is 10.7. The molecule has 32 heavy (non-hydrogen) atoms. The lowest BCUT2D eigenvalue weighted by Crippen LogP contribution is -2.50. The predicted molar refractivity (Wildman–Crippen MR) is 120 cm³/mol. The normalized spacial score (nSPS) is 19.6. The van der Waals surface area contributed by atoms with Gasteiger partial charge in [0, 0.05) is 25.4 Å². The number of amides is 3. The lowest BCUT2D eigenvalue weighted by atomic mass is 10.1. The molecule has 1 fully saturated rings. The van der Waals surface area contributed by atoms with Crippen molar-refractivity contribution in [3.63, 3.8) is 0 Å². The second-order valence-corrected chi connectivity index (χ2v) is 8.04. The van der Waals surface area contributed by atoms with Gasteiger partial charge in [-0.3, -0.25) is 9.78 Å². The summed E-state index contributed by atoms with van der Waals surface area (Å²) in [5, 5.41) is 2.95. The highest BCUT2D eigenvalue weighted by Gasteiger charge is 2.45. The van der Waals surface area contributed by atoms with Crippen LogP contribution in [0, 0.1) is 0 Å². The first-order valence-corrected chi connectivity index (χ1v) is 10.7. The van der Waals surface area contributed by atoms with E-state index in [0.29, 0.717) is 37.5 Å². The van der Waals surface area contributed by atoms with E-state index in [4.69, 9.17) is 4.74 Å². The van der Waals surface area contributed by atoms with E-state index in [9.17, 15) is 9.59 Å². The number of nitrogens with one attached hydrogen (secondary N) is 1. The van der Waals surface area contributed by atoms with Gasteiger partial charge >= 0.3 is 6.03 Å². The minimum absolute atomic E-state index is 0.109. The number of carbonyl (C=O) groups excluding carboxylic acids is 2. The Morgan fingerprint density at radius 2 is 1.81 bits per heavy atom. The molecule has 3 heterocycles. The van der Waals surface area contributed by atoms with E-state index >= 15 is 0 Å². The number of para-hydroxylation sites is 2. The summed E-state index contributed by atoms with van der Waals surface area (Å²) in [4.78, 5) is 34.3. The molecule has 2 aromatic carbocycles. The highest BCUT2D eigenvalue weighted by Crippen LogP contribution is 2.37. The summed E-state index contributed by atoms with van der Waals surface area (Å²) in [6.45, 7) is 1.13. The summed E-state index contributed by atoms with van der Waals surface area (Å²) in [7, 11) is 0. The van der Waals surface area contributed by atoms with Crippen molar-refractivity contribution in [1.82, 2.24) is 15.2 Å². The van der Waals surface area contributed by atoms with Gasteiger partial charge in [0.2, 0.25) is 5.91 Å². The minimum Gasteiger partial charge on any atom is -0.486 e. The number of pyridine rings is 1. The van der Waals surface area contributed by atoms with Crippen LogP contribution in [-0.2, 0) is 17.9 Å². The average Bonchev–Trinajstić information content (AvgIpc) is 3.27. The molecule has 0 radical (unpaired) electrons. The minimum atomic E-state index is -0.583. The van der Waals surface area contributed by atoms with Gasteiger partial charge < -0.3 is 19.9 Å². The van der Waals surface area contributed by atoms with Crippen LogP contribution in [0.15, 0.2) is 79.1 Å². The zero-order valence-corrected chi connectivity index (χ0v) is 17.6. The van der Waals surface area contributed by atoms with Crippen molar-refractivity contribution >= 4 is 17.6 Å². The zero-order chi connectivity index (χ0) is 21.9. The summed E-state index contributed by atoms with van der Waals surface area (Å²) >= 11 is 0. The van der Waals surface area contributed by atoms with Gasteiger partial charge in [0.15, 0.2) is 0 Å². The van der Waals surface area contributed by atoms with E-state index in [1.807, 2.05) is 66.7 Å². The number of benzene rings is 2. The van der Waals surface area contributed by atoms with Gasteiger partial charge in [0.05, 0.1) is 18.8 Å². The number of ether oxygens (including phenoxy) is 1. The third-order valence-corrected chi connectivity index (χ3v) is 5.87. The van der Waals surface area contributed by atoms with Crippen LogP contribution in [0.4, 0.5) is 10.5 Å². The SMILES string of the molecule is O=C1[C@@H]2C[C@@H](CN2C(=O)NCc2ccccc2)Oc2ccccc2N1Cc1cccnc1. The lowest BCUT2D eigenvalue weighted by Gasteiger charge is -2.31. The molecule has 1 saturated heterocycles. The number of urea groups is 1. The molecule has 0 spiro atoms. The summed E-state index contributed by atoms with van der Waals surface area (Å²) in [6.07, 6.45) is 3.69. The van der Waals surface area contributed by atoms with Crippen molar-refractivity contribution in [1.29, 1.82) is 0 Å². The summed E-state index contributed by atoms with van der Waals surface area (Å²) in [5.41, 5.74) is 2.62. The molecule has 5 rings (SSSR count). The van der Waals surface area contributed by atoms with Gasteiger partial charge in [-0.25, -0.2) is 4.79 Å². The van der Waals surface area contributed by atoms with Crippen LogP contribution < -0.4 is 15.0 Å². The van der Waals surface area contributed by atoms with E-state index in [-0.39, 0.29) is 18.0 Å². The molecular formula is C25H24N4O3. The summed E-state index contributed by atoms with van der Waals surface area (Å²) in [6, 6.07) is 20.2. The van der Waals surface area contributed by atoms with E-state index < -0.39 is 6.04 Å². The van der Waals surface area contributed by atoms with Gasteiger partial charge in [-0.05, 0) is 29.3 Å². The van der Waals surface area contributed by atoms with Crippen LogP contribution in [-0.4, -0.2) is 40.5 Å². The van der Waals surface area contributed by atoms with Crippen LogP contribution in [0.2, 0.25) is 0 Å². The van der Waals surface area contributed by atoms with Crippen LogP contribution in [0.5, 0.6) is 5.75 Å². The number of anilines is 1.